The number of ether oxygens (including phenoxy) is 1. The van der Waals surface area contributed by atoms with Gasteiger partial charge in [0.15, 0.2) is 33.3 Å². The van der Waals surface area contributed by atoms with Gasteiger partial charge in [0, 0.05) is 6.61 Å². The van der Waals surface area contributed by atoms with E-state index >= 15 is 0 Å². The van der Waals surface area contributed by atoms with Crippen LogP contribution in [0.1, 0.15) is 6.42 Å². The molecule has 230 valence electrons. The second-order valence-electron chi connectivity index (χ2n) is 14.8. The number of rotatable bonds is 20. The Bertz CT molecular complexity index is 695. The summed E-state index contributed by atoms with van der Waals surface area (Å²) in [6.07, 6.45) is -0.0808. The minimum atomic E-state index is -2.72. The molecule has 0 aliphatic rings. The van der Waals surface area contributed by atoms with Crippen LogP contribution in [0, 0.1) is 0 Å². The van der Waals surface area contributed by atoms with E-state index in [9.17, 15) is 5.11 Å². The van der Waals surface area contributed by atoms with Crippen molar-refractivity contribution in [1.82, 2.24) is 0 Å². The van der Waals surface area contributed by atoms with Crippen molar-refractivity contribution in [2.75, 3.05) is 19.8 Å². The summed E-state index contributed by atoms with van der Waals surface area (Å²) >= 11 is 0. The van der Waals surface area contributed by atoms with Gasteiger partial charge in [0.25, 0.3) is 0 Å². The Morgan fingerprint density at radius 2 is 1.03 bits per heavy atom. The lowest BCUT2D eigenvalue weighted by atomic mass is 10.4. The fraction of sp³-hybridized carbons (Fsp3) is 1.00. The number of aliphatic hydroxyl groups excluding tert-OH is 2. The minimum Gasteiger partial charge on any atom is -0.456 e. The molecule has 0 aromatic heterocycles. The van der Waals surface area contributed by atoms with E-state index in [0.717, 1.165) is 24.6 Å². The Morgan fingerprint density at radius 3 is 1.47 bits per heavy atom. The highest BCUT2D eigenvalue weighted by molar-refractivity contribution is 6.92. The molecule has 0 saturated heterocycles. The Kier molecular flexibility index (Phi) is 15.6. The number of aliphatic hydroxyl groups is 2. The summed E-state index contributed by atoms with van der Waals surface area (Å²) in [6.45, 7) is 33.7. The molecule has 0 bridgehead atoms. The van der Waals surface area contributed by atoms with Crippen molar-refractivity contribution >= 4 is 59.0 Å². The predicted molar refractivity (Wildman–Crippen MR) is 177 cm³/mol. The number of hydrogen-bond donors (Lipinski definition) is 2. The van der Waals surface area contributed by atoms with Crippen LogP contribution in [-0.2, 0) is 25.3 Å². The molecule has 0 radical (unpaired) electrons. The lowest BCUT2D eigenvalue weighted by Gasteiger charge is -2.45. The highest BCUT2D eigenvalue weighted by Crippen LogP contribution is 2.34. The molecule has 0 spiro atoms. The molecule has 15 heteroatoms. The fourth-order valence-corrected chi connectivity index (χ4v) is 39.0. The van der Waals surface area contributed by atoms with Crippen LogP contribution in [0.5, 0.6) is 0 Å². The molecule has 2 N–H and O–H groups in total. The van der Waals surface area contributed by atoms with Crippen LogP contribution < -0.4 is 0 Å². The average molecular weight is 663 g/mol. The maximum atomic E-state index is 9.58. The minimum absolute atomic E-state index is 0.130. The zero-order chi connectivity index (χ0) is 30.3. The van der Waals surface area contributed by atoms with Gasteiger partial charge in [-0.05, 0) is 123 Å². The van der Waals surface area contributed by atoms with Crippen LogP contribution >= 0.6 is 0 Å². The van der Waals surface area contributed by atoms with Gasteiger partial charge < -0.3 is 35.5 Å². The molecule has 8 nitrogen and oxygen atoms in total. The Hall–Kier alpha value is 1.20. The van der Waals surface area contributed by atoms with Gasteiger partial charge in [-0.3, -0.25) is 0 Å². The second kappa shape index (κ2) is 15.1. The third kappa shape index (κ3) is 20.1. The summed E-state index contributed by atoms with van der Waals surface area (Å²) in [4.78, 5) is 0. The van der Waals surface area contributed by atoms with Crippen LogP contribution in [0.25, 0.3) is 0 Å². The molecule has 0 aliphatic heterocycles. The van der Waals surface area contributed by atoms with Gasteiger partial charge >= 0.3 is 25.7 Å². The quantitative estimate of drug-likeness (QED) is 0.115. The normalized spacial score (nSPS) is 18.2. The van der Waals surface area contributed by atoms with Crippen LogP contribution in [0.4, 0.5) is 0 Å². The van der Waals surface area contributed by atoms with Crippen LogP contribution in [0.2, 0.25) is 116 Å². The van der Waals surface area contributed by atoms with E-state index in [0.29, 0.717) is 6.61 Å². The van der Waals surface area contributed by atoms with Crippen molar-refractivity contribution in [3.8, 4) is 0 Å². The van der Waals surface area contributed by atoms with Gasteiger partial charge in [0.2, 0.25) is 0 Å². The SMILES string of the molecule is C[Si](C)(C)O[Si](C)(C)CC[Si](C)(O[Si](C)(C)O[Si](C)(C)C)O[Si](C)(CCCOCC(O)CO)O[Si](C)(C)C. The van der Waals surface area contributed by atoms with E-state index in [1.807, 2.05) is 0 Å². The van der Waals surface area contributed by atoms with Crippen molar-refractivity contribution in [2.45, 2.75) is 129 Å². The first-order chi connectivity index (χ1) is 16.7. The molecule has 38 heavy (non-hydrogen) atoms. The highest BCUT2D eigenvalue weighted by Gasteiger charge is 2.49. The standard InChI is InChI=1S/C23H62O8Si7/c1-32(2,3)27-35(10,11)19-20-38(15,30-36(12,13)28-33(4,5)6)31-37(14,29-34(7,8)9)18-16-17-26-22-23(25)21-24/h23-25H,16-22H2,1-15H3. The predicted octanol–water partition coefficient (Wildman–Crippen LogP) is 6.38. The summed E-state index contributed by atoms with van der Waals surface area (Å²) < 4.78 is 39.9. The summed E-state index contributed by atoms with van der Waals surface area (Å²) in [7, 11) is -15.1. The average Bonchev–Trinajstić information content (AvgIpc) is 2.59. The van der Waals surface area contributed by atoms with Crippen molar-refractivity contribution in [2.24, 2.45) is 0 Å². The smallest absolute Gasteiger partial charge is 0.317 e. The van der Waals surface area contributed by atoms with Gasteiger partial charge in [0.05, 0.1) is 13.2 Å². The summed E-state index contributed by atoms with van der Waals surface area (Å²) in [5, 5.41) is 18.6. The van der Waals surface area contributed by atoms with E-state index in [-0.39, 0.29) is 13.2 Å². The van der Waals surface area contributed by atoms with Crippen LogP contribution in [-0.4, -0.2) is 95.1 Å². The van der Waals surface area contributed by atoms with E-state index < -0.39 is 65.1 Å². The fourth-order valence-electron chi connectivity index (χ4n) is 4.80. The van der Waals surface area contributed by atoms with E-state index in [2.05, 4.69) is 98.2 Å². The lowest BCUT2D eigenvalue weighted by Crippen LogP contribution is -2.60. The van der Waals surface area contributed by atoms with Crippen LogP contribution in [0.15, 0.2) is 0 Å². The monoisotopic (exact) mass is 662 g/mol. The first kappa shape index (κ1) is 39.2. The van der Waals surface area contributed by atoms with Gasteiger partial charge in [-0.1, -0.05) is 0 Å². The van der Waals surface area contributed by atoms with Gasteiger partial charge in [0.1, 0.15) is 6.10 Å². The lowest BCUT2D eigenvalue weighted by molar-refractivity contribution is 0.00623. The first-order valence-electron chi connectivity index (χ1n) is 14.1. The third-order valence-electron chi connectivity index (χ3n) is 5.17. The Morgan fingerprint density at radius 1 is 0.553 bits per heavy atom. The third-order valence-corrected chi connectivity index (χ3v) is 29.9. The second-order valence-corrected chi connectivity index (χ2v) is 43.9. The van der Waals surface area contributed by atoms with Gasteiger partial charge in [-0.2, -0.15) is 0 Å². The molecule has 0 amide bonds. The van der Waals surface area contributed by atoms with Crippen molar-refractivity contribution in [1.29, 1.82) is 0 Å². The molecule has 0 saturated carbocycles. The topological polar surface area (TPSA) is 95.8 Å². The Labute approximate surface area is 242 Å². The molecule has 0 fully saturated rings. The molecule has 0 heterocycles. The van der Waals surface area contributed by atoms with Crippen molar-refractivity contribution in [3.63, 3.8) is 0 Å². The van der Waals surface area contributed by atoms with Crippen molar-refractivity contribution < 1.29 is 35.5 Å². The Balaban J connectivity index is 5.96. The molecule has 0 aromatic rings. The molecular formula is C23H62O8Si7. The molecule has 0 aromatic carbocycles. The van der Waals surface area contributed by atoms with E-state index in [1.54, 1.807) is 0 Å². The summed E-state index contributed by atoms with van der Waals surface area (Å²) in [5.74, 6) is 0. The largest absolute Gasteiger partial charge is 0.456 e. The zero-order valence-corrected chi connectivity index (χ0v) is 34.4. The maximum Gasteiger partial charge on any atom is 0.317 e. The summed E-state index contributed by atoms with van der Waals surface area (Å²) in [6, 6.07) is 2.62. The number of hydrogen-bond acceptors (Lipinski definition) is 8. The van der Waals surface area contributed by atoms with Gasteiger partial charge in [-0.15, -0.1) is 0 Å². The summed E-state index contributed by atoms with van der Waals surface area (Å²) in [5.41, 5.74) is 0. The van der Waals surface area contributed by atoms with Gasteiger partial charge in [-0.25, -0.2) is 0 Å². The highest BCUT2D eigenvalue weighted by atomic mass is 28.5. The zero-order valence-electron chi connectivity index (χ0n) is 27.4. The first-order valence-corrected chi connectivity index (χ1v) is 35.3. The van der Waals surface area contributed by atoms with E-state index in [4.69, 9.17) is 30.4 Å². The van der Waals surface area contributed by atoms with E-state index in [1.165, 1.54) is 0 Å². The molecular weight excluding hydrogens is 601 g/mol. The molecule has 0 rings (SSSR count). The molecule has 3 atom stereocenters. The molecule has 0 aliphatic carbocycles. The molecule has 3 unspecified atom stereocenters. The van der Waals surface area contributed by atoms with Crippen molar-refractivity contribution in [3.05, 3.63) is 0 Å². The van der Waals surface area contributed by atoms with Crippen LogP contribution in [0.3, 0.4) is 0 Å². The maximum absolute atomic E-state index is 9.58.